The zero-order valence-electron chi connectivity index (χ0n) is 11.8. The summed E-state index contributed by atoms with van der Waals surface area (Å²) in [5, 5.41) is 8.45. The van der Waals surface area contributed by atoms with Crippen LogP contribution in [0.5, 0.6) is 5.75 Å². The molecule has 0 fully saturated rings. The van der Waals surface area contributed by atoms with E-state index in [2.05, 4.69) is 6.07 Å². The highest BCUT2D eigenvalue weighted by atomic mass is 16.5. The van der Waals surface area contributed by atoms with Crippen molar-refractivity contribution in [2.45, 2.75) is 19.8 Å². The minimum Gasteiger partial charge on any atom is -0.496 e. The number of Topliss-reactive ketones (excluding diaryl/α,β-unsaturated/α-hetero) is 1. The number of aryl methyl sites for hydroxylation is 1. The van der Waals surface area contributed by atoms with Crippen LogP contribution in [-0.4, -0.2) is 37.9 Å². The molecule has 0 amide bonds. The molecule has 0 unspecified atom stereocenters. The first-order valence-electron chi connectivity index (χ1n) is 6.27. The fraction of sp³-hybridized carbons (Fsp3) is 0.467. The van der Waals surface area contributed by atoms with E-state index >= 15 is 0 Å². The minimum atomic E-state index is -0.0405. The zero-order chi connectivity index (χ0) is 14.3. The molecule has 4 heteroatoms. The second-order valence-electron chi connectivity index (χ2n) is 4.68. The summed E-state index contributed by atoms with van der Waals surface area (Å²) in [6.45, 7) is 3.13. The highest BCUT2D eigenvalue weighted by molar-refractivity contribution is 5.82. The summed E-state index contributed by atoms with van der Waals surface area (Å²) in [6, 6.07) is 7.96. The molecule has 1 aromatic carbocycles. The Morgan fingerprint density at radius 3 is 2.84 bits per heavy atom. The van der Waals surface area contributed by atoms with Crippen LogP contribution in [0.3, 0.4) is 0 Å². The monoisotopic (exact) mass is 260 g/mol. The van der Waals surface area contributed by atoms with Crippen LogP contribution in [0.4, 0.5) is 0 Å². The average molecular weight is 260 g/mol. The lowest BCUT2D eigenvalue weighted by atomic mass is 10.1. The summed E-state index contributed by atoms with van der Waals surface area (Å²) in [6.07, 6.45) is 0.805. The molecule has 1 rings (SSSR count). The van der Waals surface area contributed by atoms with Crippen LogP contribution >= 0.6 is 0 Å². The lowest BCUT2D eigenvalue weighted by molar-refractivity contribution is -0.118. The molecule has 19 heavy (non-hydrogen) atoms. The Morgan fingerprint density at radius 2 is 2.21 bits per heavy atom. The van der Waals surface area contributed by atoms with Crippen LogP contribution in [0, 0.1) is 18.3 Å². The van der Waals surface area contributed by atoms with E-state index in [0.29, 0.717) is 6.54 Å². The van der Waals surface area contributed by atoms with Gasteiger partial charge in [0, 0.05) is 6.54 Å². The van der Waals surface area contributed by atoms with Crippen molar-refractivity contribution in [2.24, 2.45) is 0 Å². The van der Waals surface area contributed by atoms with Gasteiger partial charge in [0.1, 0.15) is 5.75 Å². The minimum absolute atomic E-state index is 0.0158. The first-order valence-corrected chi connectivity index (χ1v) is 6.27. The Morgan fingerprint density at radius 1 is 1.47 bits per heavy atom. The number of hydrogen-bond acceptors (Lipinski definition) is 4. The molecule has 0 N–H and O–H groups in total. The topological polar surface area (TPSA) is 53.3 Å². The predicted molar refractivity (Wildman–Crippen MR) is 74.2 cm³/mol. The van der Waals surface area contributed by atoms with E-state index in [4.69, 9.17) is 10.00 Å². The quantitative estimate of drug-likeness (QED) is 0.752. The average Bonchev–Trinajstić information content (AvgIpc) is 2.36. The maximum atomic E-state index is 11.4. The lowest BCUT2D eigenvalue weighted by Gasteiger charge is -2.16. The van der Waals surface area contributed by atoms with Crippen molar-refractivity contribution in [1.29, 1.82) is 5.26 Å². The van der Waals surface area contributed by atoms with Gasteiger partial charge in [-0.15, -0.1) is 0 Å². The first kappa shape index (κ1) is 15.2. The number of nitriles is 1. The van der Waals surface area contributed by atoms with E-state index in [9.17, 15) is 4.79 Å². The zero-order valence-corrected chi connectivity index (χ0v) is 11.8. The molecule has 0 heterocycles. The molecule has 0 spiro atoms. The lowest BCUT2D eigenvalue weighted by Crippen LogP contribution is -2.27. The number of likely N-dealkylation sites (N-methyl/N-ethyl adjacent to an activating group) is 1. The Hall–Kier alpha value is -1.86. The first-order chi connectivity index (χ1) is 9.06. The molecule has 0 saturated carbocycles. The van der Waals surface area contributed by atoms with Crippen molar-refractivity contribution >= 4 is 5.78 Å². The van der Waals surface area contributed by atoms with Crippen LogP contribution in [0.1, 0.15) is 17.5 Å². The summed E-state index contributed by atoms with van der Waals surface area (Å²) in [5.74, 6) is 0.837. The van der Waals surface area contributed by atoms with Gasteiger partial charge in [-0.3, -0.25) is 9.69 Å². The van der Waals surface area contributed by atoms with Crippen LogP contribution in [0.25, 0.3) is 0 Å². The van der Waals surface area contributed by atoms with Gasteiger partial charge in [-0.25, -0.2) is 0 Å². The van der Waals surface area contributed by atoms with Gasteiger partial charge >= 0.3 is 0 Å². The van der Waals surface area contributed by atoms with Crippen molar-refractivity contribution in [3.05, 3.63) is 29.3 Å². The third-order valence-corrected chi connectivity index (χ3v) is 2.92. The summed E-state index contributed by atoms with van der Waals surface area (Å²) in [5.41, 5.74) is 2.33. The van der Waals surface area contributed by atoms with E-state index in [-0.39, 0.29) is 12.2 Å². The fourth-order valence-corrected chi connectivity index (χ4v) is 1.94. The standard InChI is InChI=1S/C15H20N2O2/c1-12-4-5-15(19-3)13(10-12)7-9-17(2)11-14(18)6-8-16/h4-5,10H,6-7,9,11H2,1-3H3. The van der Waals surface area contributed by atoms with E-state index in [1.807, 2.05) is 37.1 Å². The number of ketones is 1. The second-order valence-corrected chi connectivity index (χ2v) is 4.68. The van der Waals surface area contributed by atoms with Crippen LogP contribution in [0.2, 0.25) is 0 Å². The third kappa shape index (κ3) is 5.11. The summed E-state index contributed by atoms with van der Waals surface area (Å²) >= 11 is 0. The van der Waals surface area contributed by atoms with Crippen molar-refractivity contribution in [2.75, 3.05) is 27.2 Å². The molecular formula is C15H20N2O2. The van der Waals surface area contributed by atoms with E-state index in [1.54, 1.807) is 7.11 Å². The van der Waals surface area contributed by atoms with Gasteiger partial charge in [-0.1, -0.05) is 17.7 Å². The van der Waals surface area contributed by atoms with Crippen molar-refractivity contribution < 1.29 is 9.53 Å². The maximum Gasteiger partial charge on any atom is 0.160 e. The van der Waals surface area contributed by atoms with E-state index in [0.717, 1.165) is 24.3 Å². The van der Waals surface area contributed by atoms with Crippen molar-refractivity contribution in [3.63, 3.8) is 0 Å². The SMILES string of the molecule is COc1ccc(C)cc1CCN(C)CC(=O)CC#N. The number of benzene rings is 1. The molecule has 0 aromatic heterocycles. The Kier molecular flexibility index (Phi) is 6.04. The highest BCUT2D eigenvalue weighted by Gasteiger charge is 2.08. The van der Waals surface area contributed by atoms with E-state index in [1.165, 1.54) is 5.56 Å². The van der Waals surface area contributed by atoms with Crippen molar-refractivity contribution in [3.8, 4) is 11.8 Å². The molecule has 0 atom stereocenters. The number of carbonyl (C=O) groups excluding carboxylic acids is 1. The van der Waals surface area contributed by atoms with Gasteiger partial charge in [-0.2, -0.15) is 5.26 Å². The summed E-state index contributed by atoms with van der Waals surface area (Å²) < 4.78 is 5.32. The number of methoxy groups -OCH3 is 1. The number of rotatable bonds is 7. The molecule has 0 radical (unpaired) electrons. The molecule has 0 aliphatic rings. The Balaban J connectivity index is 2.54. The van der Waals surface area contributed by atoms with Gasteiger partial charge in [-0.05, 0) is 32.0 Å². The van der Waals surface area contributed by atoms with Gasteiger partial charge in [0.25, 0.3) is 0 Å². The van der Waals surface area contributed by atoms with E-state index < -0.39 is 0 Å². The normalized spacial score (nSPS) is 10.3. The van der Waals surface area contributed by atoms with Gasteiger partial charge in [0.05, 0.1) is 26.1 Å². The Bertz CT molecular complexity index is 478. The molecule has 1 aromatic rings. The summed E-state index contributed by atoms with van der Waals surface area (Å²) in [4.78, 5) is 13.3. The number of nitrogens with zero attached hydrogens (tertiary/aromatic N) is 2. The largest absolute Gasteiger partial charge is 0.496 e. The van der Waals surface area contributed by atoms with Crippen LogP contribution in [0.15, 0.2) is 18.2 Å². The number of ether oxygens (including phenoxy) is 1. The molecule has 0 saturated heterocycles. The number of hydrogen-bond donors (Lipinski definition) is 0. The highest BCUT2D eigenvalue weighted by Crippen LogP contribution is 2.20. The molecule has 102 valence electrons. The summed E-state index contributed by atoms with van der Waals surface area (Å²) in [7, 11) is 3.55. The smallest absolute Gasteiger partial charge is 0.160 e. The van der Waals surface area contributed by atoms with Crippen LogP contribution in [-0.2, 0) is 11.2 Å². The molecular weight excluding hydrogens is 240 g/mol. The fourth-order valence-electron chi connectivity index (χ4n) is 1.94. The number of carbonyl (C=O) groups is 1. The molecule has 0 bridgehead atoms. The third-order valence-electron chi connectivity index (χ3n) is 2.92. The Labute approximate surface area is 114 Å². The van der Waals surface area contributed by atoms with Gasteiger partial charge < -0.3 is 4.74 Å². The second kappa shape index (κ2) is 7.55. The maximum absolute atomic E-state index is 11.4. The molecule has 4 nitrogen and oxygen atoms in total. The van der Waals surface area contributed by atoms with Crippen LogP contribution < -0.4 is 4.74 Å². The predicted octanol–water partition coefficient (Wildman–Crippen LogP) is 1.96. The molecule has 0 aliphatic heterocycles. The van der Waals surface area contributed by atoms with Crippen molar-refractivity contribution in [1.82, 2.24) is 4.90 Å². The van der Waals surface area contributed by atoms with Gasteiger partial charge in [0.2, 0.25) is 0 Å². The van der Waals surface area contributed by atoms with Gasteiger partial charge in [0.15, 0.2) is 5.78 Å². The molecule has 0 aliphatic carbocycles.